The first kappa shape index (κ1) is 16.9. The van der Waals surface area contributed by atoms with Gasteiger partial charge in [0.05, 0.1) is 18.0 Å². The molecule has 0 spiro atoms. The van der Waals surface area contributed by atoms with Crippen LogP contribution in [0.4, 0.5) is 13.2 Å². The summed E-state index contributed by atoms with van der Waals surface area (Å²) in [6, 6.07) is 2.88. The van der Waals surface area contributed by atoms with E-state index in [-0.39, 0.29) is 17.0 Å². The van der Waals surface area contributed by atoms with E-state index >= 15 is 0 Å². The van der Waals surface area contributed by atoms with Crippen molar-refractivity contribution >= 4 is 10.0 Å². The molecule has 0 aliphatic carbocycles. The Hall–Kier alpha value is -1.16. The Balaban J connectivity index is 3.18. The van der Waals surface area contributed by atoms with Crippen LogP contribution in [0.3, 0.4) is 0 Å². The largest absolute Gasteiger partial charge is 0.395 e. The number of hydrogen-bond donors (Lipinski definition) is 2. The van der Waals surface area contributed by atoms with E-state index in [0.717, 1.165) is 18.2 Å². The van der Waals surface area contributed by atoms with Crippen LogP contribution in [-0.4, -0.2) is 44.0 Å². The molecule has 0 aliphatic rings. The Morgan fingerprint density at radius 3 is 2.50 bits per heavy atom. The summed E-state index contributed by atoms with van der Waals surface area (Å²) in [5.41, 5.74) is 5.23. The number of hydrogen-bond acceptors (Lipinski definition) is 4. The average molecular weight is 312 g/mol. The molecule has 0 unspecified atom stereocenters. The molecule has 5 nitrogen and oxygen atoms in total. The number of alkyl halides is 2. The van der Waals surface area contributed by atoms with Crippen molar-refractivity contribution in [1.82, 2.24) is 4.31 Å². The zero-order valence-corrected chi connectivity index (χ0v) is 11.3. The fourth-order valence-corrected chi connectivity index (χ4v) is 3.05. The van der Waals surface area contributed by atoms with Crippen molar-refractivity contribution in [3.05, 3.63) is 29.6 Å². The number of rotatable bonds is 7. The second-order valence-electron chi connectivity index (χ2n) is 3.94. The molecule has 3 N–H and O–H groups in total. The third-order valence-corrected chi connectivity index (χ3v) is 4.43. The van der Waals surface area contributed by atoms with Gasteiger partial charge in [0, 0.05) is 18.7 Å². The Labute approximate surface area is 114 Å². The molecule has 0 atom stereocenters. The van der Waals surface area contributed by atoms with Gasteiger partial charge < -0.3 is 10.8 Å². The fraction of sp³-hybridized carbons (Fsp3) is 0.455. The van der Waals surface area contributed by atoms with E-state index in [1.54, 1.807) is 0 Å². The van der Waals surface area contributed by atoms with E-state index in [2.05, 4.69) is 0 Å². The Bertz CT molecular complexity index is 552. The fourth-order valence-electron chi connectivity index (χ4n) is 1.59. The minimum atomic E-state index is -4.24. The normalized spacial score (nSPS) is 12.3. The third kappa shape index (κ3) is 3.92. The maximum atomic E-state index is 13.3. The number of nitrogens with zero attached hydrogens (tertiary/aromatic N) is 1. The summed E-state index contributed by atoms with van der Waals surface area (Å²) in [4.78, 5) is -0.339. The van der Waals surface area contributed by atoms with Gasteiger partial charge in [-0.2, -0.15) is 4.31 Å². The van der Waals surface area contributed by atoms with Crippen LogP contribution in [0.25, 0.3) is 0 Å². The van der Waals surface area contributed by atoms with Crippen LogP contribution in [0.2, 0.25) is 0 Å². The van der Waals surface area contributed by atoms with Crippen molar-refractivity contribution in [2.75, 3.05) is 19.7 Å². The van der Waals surface area contributed by atoms with Gasteiger partial charge >= 0.3 is 0 Å². The molecule has 1 rings (SSSR count). The summed E-state index contributed by atoms with van der Waals surface area (Å²) in [6.07, 6.45) is -2.88. The predicted octanol–water partition coefficient (Wildman–Crippen LogP) is 0.532. The second-order valence-corrected chi connectivity index (χ2v) is 5.87. The molecule has 1 aromatic carbocycles. The van der Waals surface area contributed by atoms with Gasteiger partial charge in [0.15, 0.2) is 0 Å². The minimum absolute atomic E-state index is 0.0351. The van der Waals surface area contributed by atoms with E-state index in [0.29, 0.717) is 4.31 Å². The Morgan fingerprint density at radius 2 is 2.00 bits per heavy atom. The Morgan fingerprint density at radius 1 is 1.35 bits per heavy atom. The number of aliphatic hydroxyl groups excluding tert-OH is 1. The number of aliphatic hydroxyl groups is 1. The molecule has 0 fully saturated rings. The van der Waals surface area contributed by atoms with Crippen LogP contribution in [-0.2, 0) is 16.6 Å². The molecule has 0 amide bonds. The summed E-state index contributed by atoms with van der Waals surface area (Å²) in [5, 5.41) is 8.77. The average Bonchev–Trinajstić information content (AvgIpc) is 2.38. The van der Waals surface area contributed by atoms with Crippen LogP contribution in [0.5, 0.6) is 0 Å². The lowest BCUT2D eigenvalue weighted by Crippen LogP contribution is -2.37. The maximum absolute atomic E-state index is 13.3. The zero-order valence-electron chi connectivity index (χ0n) is 10.5. The molecule has 114 valence electrons. The van der Waals surface area contributed by atoms with Crippen molar-refractivity contribution in [3.8, 4) is 0 Å². The zero-order chi connectivity index (χ0) is 15.3. The van der Waals surface area contributed by atoms with E-state index in [1.807, 2.05) is 0 Å². The SMILES string of the molecule is NCc1cc(S(=O)(=O)N(CCO)CC(F)F)ccc1F. The molecule has 0 bridgehead atoms. The molecule has 9 heteroatoms. The van der Waals surface area contributed by atoms with E-state index in [9.17, 15) is 21.6 Å². The lowest BCUT2D eigenvalue weighted by molar-refractivity contribution is 0.113. The first-order valence-corrected chi connectivity index (χ1v) is 7.14. The van der Waals surface area contributed by atoms with Crippen LogP contribution in [0.15, 0.2) is 23.1 Å². The highest BCUT2D eigenvalue weighted by Gasteiger charge is 2.27. The molecule has 0 heterocycles. The van der Waals surface area contributed by atoms with Crippen molar-refractivity contribution in [2.45, 2.75) is 17.9 Å². The molecular weight excluding hydrogens is 297 g/mol. The highest BCUT2D eigenvalue weighted by Crippen LogP contribution is 2.19. The van der Waals surface area contributed by atoms with Gasteiger partial charge in [0.2, 0.25) is 10.0 Å². The number of halogens is 3. The molecule has 0 saturated carbocycles. The van der Waals surface area contributed by atoms with Gasteiger partial charge in [-0.25, -0.2) is 21.6 Å². The highest BCUT2D eigenvalue weighted by atomic mass is 32.2. The summed E-state index contributed by atoms with van der Waals surface area (Å²) in [5.74, 6) is -0.672. The highest BCUT2D eigenvalue weighted by molar-refractivity contribution is 7.89. The molecular formula is C11H15F3N2O3S. The molecule has 20 heavy (non-hydrogen) atoms. The quantitative estimate of drug-likeness (QED) is 0.769. The number of sulfonamides is 1. The molecule has 1 aromatic rings. The first-order chi connectivity index (χ1) is 9.32. The topological polar surface area (TPSA) is 83.6 Å². The van der Waals surface area contributed by atoms with Crippen molar-refractivity contribution in [2.24, 2.45) is 5.73 Å². The van der Waals surface area contributed by atoms with Crippen LogP contribution in [0, 0.1) is 5.82 Å². The standard InChI is InChI=1S/C11H15F3N2O3S/c12-10-2-1-9(5-8(10)6-15)20(18,19)16(3-4-17)7-11(13)14/h1-2,5,11,17H,3-4,6-7,15H2. The smallest absolute Gasteiger partial charge is 0.252 e. The monoisotopic (exact) mass is 312 g/mol. The van der Waals surface area contributed by atoms with E-state index < -0.39 is 42.0 Å². The van der Waals surface area contributed by atoms with Gasteiger partial charge in [-0.1, -0.05) is 0 Å². The minimum Gasteiger partial charge on any atom is -0.395 e. The lowest BCUT2D eigenvalue weighted by Gasteiger charge is -2.21. The maximum Gasteiger partial charge on any atom is 0.252 e. The molecule has 0 aliphatic heterocycles. The van der Waals surface area contributed by atoms with Crippen molar-refractivity contribution < 1.29 is 26.7 Å². The number of benzene rings is 1. The summed E-state index contributed by atoms with van der Waals surface area (Å²) in [6.45, 7) is -2.33. The van der Waals surface area contributed by atoms with E-state index in [1.165, 1.54) is 0 Å². The molecule has 0 aromatic heterocycles. The third-order valence-electron chi connectivity index (χ3n) is 2.57. The van der Waals surface area contributed by atoms with Crippen LogP contribution >= 0.6 is 0 Å². The Kier molecular flexibility index (Phi) is 5.93. The first-order valence-electron chi connectivity index (χ1n) is 5.70. The van der Waals surface area contributed by atoms with Crippen LogP contribution in [0.1, 0.15) is 5.56 Å². The van der Waals surface area contributed by atoms with Gasteiger partial charge in [-0.15, -0.1) is 0 Å². The number of nitrogens with two attached hydrogens (primary N) is 1. The summed E-state index contributed by atoms with van der Waals surface area (Å²) >= 11 is 0. The van der Waals surface area contributed by atoms with Gasteiger partial charge in [-0.05, 0) is 18.2 Å². The molecule has 0 saturated heterocycles. The molecule has 0 radical (unpaired) electrons. The lowest BCUT2D eigenvalue weighted by atomic mass is 10.2. The van der Waals surface area contributed by atoms with Gasteiger partial charge in [-0.3, -0.25) is 0 Å². The van der Waals surface area contributed by atoms with Gasteiger partial charge in [0.25, 0.3) is 6.43 Å². The van der Waals surface area contributed by atoms with E-state index in [4.69, 9.17) is 10.8 Å². The van der Waals surface area contributed by atoms with Crippen LogP contribution < -0.4 is 5.73 Å². The second kappa shape index (κ2) is 7.02. The van der Waals surface area contributed by atoms with Gasteiger partial charge in [0.1, 0.15) is 5.82 Å². The van der Waals surface area contributed by atoms with Crippen molar-refractivity contribution in [1.29, 1.82) is 0 Å². The van der Waals surface area contributed by atoms with Crippen molar-refractivity contribution in [3.63, 3.8) is 0 Å². The predicted molar refractivity (Wildman–Crippen MR) is 66.1 cm³/mol. The summed E-state index contributed by atoms with van der Waals surface area (Å²) < 4.78 is 62.8. The summed E-state index contributed by atoms with van der Waals surface area (Å²) in [7, 11) is -4.24.